The third-order valence-corrected chi connectivity index (χ3v) is 4.81. The molecule has 88 valence electrons. The van der Waals surface area contributed by atoms with Gasteiger partial charge in [-0.15, -0.1) is 11.8 Å². The van der Waals surface area contributed by atoms with Gasteiger partial charge in [0.1, 0.15) is 5.82 Å². The van der Waals surface area contributed by atoms with Crippen molar-refractivity contribution in [1.29, 1.82) is 0 Å². The van der Waals surface area contributed by atoms with E-state index in [1.807, 2.05) is 17.8 Å². The van der Waals surface area contributed by atoms with Crippen molar-refractivity contribution in [2.75, 3.05) is 5.75 Å². The zero-order valence-corrected chi connectivity index (χ0v) is 10.6. The van der Waals surface area contributed by atoms with Gasteiger partial charge in [-0.3, -0.25) is 0 Å². The normalized spacial score (nSPS) is 16.3. The SMILES string of the molecule is Fc1ccc2c(c1)C1=C(C2)c2ccccc2SC1. The first-order valence-corrected chi connectivity index (χ1v) is 7.04. The van der Waals surface area contributed by atoms with Crippen LogP contribution in [0.3, 0.4) is 0 Å². The Kier molecular flexibility index (Phi) is 2.15. The summed E-state index contributed by atoms with van der Waals surface area (Å²) < 4.78 is 13.4. The molecule has 0 radical (unpaired) electrons. The number of allylic oxidation sites excluding steroid dienone is 1. The molecule has 4 rings (SSSR count). The van der Waals surface area contributed by atoms with E-state index >= 15 is 0 Å². The number of benzene rings is 2. The highest BCUT2D eigenvalue weighted by Crippen LogP contribution is 2.47. The summed E-state index contributed by atoms with van der Waals surface area (Å²) in [6.07, 6.45) is 0.947. The largest absolute Gasteiger partial charge is 0.207 e. The minimum Gasteiger partial charge on any atom is -0.207 e. The molecule has 0 N–H and O–H groups in total. The summed E-state index contributed by atoms with van der Waals surface area (Å²) in [5.41, 5.74) is 6.43. The van der Waals surface area contributed by atoms with Crippen molar-refractivity contribution >= 4 is 22.9 Å². The summed E-state index contributed by atoms with van der Waals surface area (Å²) in [5, 5.41) is 0. The summed E-state index contributed by atoms with van der Waals surface area (Å²) in [6.45, 7) is 0. The molecule has 0 saturated carbocycles. The molecule has 0 atom stereocenters. The molecule has 1 aliphatic carbocycles. The summed E-state index contributed by atoms with van der Waals surface area (Å²) in [7, 11) is 0. The van der Waals surface area contributed by atoms with Crippen LogP contribution < -0.4 is 0 Å². The molecule has 2 aliphatic rings. The molecule has 18 heavy (non-hydrogen) atoms. The lowest BCUT2D eigenvalue weighted by atomic mass is 10.0. The molecule has 0 nitrogen and oxygen atoms in total. The minimum absolute atomic E-state index is 0.133. The Balaban J connectivity index is 1.94. The minimum atomic E-state index is -0.133. The van der Waals surface area contributed by atoms with E-state index in [9.17, 15) is 4.39 Å². The van der Waals surface area contributed by atoms with Gasteiger partial charge in [-0.25, -0.2) is 4.39 Å². The summed E-state index contributed by atoms with van der Waals surface area (Å²) in [5.74, 6) is 0.828. The van der Waals surface area contributed by atoms with Crippen LogP contribution in [0.25, 0.3) is 11.1 Å². The molecular weight excluding hydrogens is 243 g/mol. The molecule has 1 heterocycles. The first-order valence-electron chi connectivity index (χ1n) is 6.06. The van der Waals surface area contributed by atoms with Crippen LogP contribution in [0.4, 0.5) is 4.39 Å². The van der Waals surface area contributed by atoms with Crippen molar-refractivity contribution in [3.63, 3.8) is 0 Å². The lowest BCUT2D eigenvalue weighted by molar-refractivity contribution is 0.627. The van der Waals surface area contributed by atoms with E-state index < -0.39 is 0 Å². The summed E-state index contributed by atoms with van der Waals surface area (Å²) >= 11 is 1.85. The van der Waals surface area contributed by atoms with E-state index in [1.165, 1.54) is 27.2 Å². The molecule has 1 aliphatic heterocycles. The van der Waals surface area contributed by atoms with Gasteiger partial charge in [-0.05, 0) is 52.5 Å². The second kappa shape index (κ2) is 3.72. The molecule has 0 saturated heterocycles. The smallest absolute Gasteiger partial charge is 0.123 e. The van der Waals surface area contributed by atoms with Crippen LogP contribution in [0.2, 0.25) is 0 Å². The average Bonchev–Trinajstić information content (AvgIpc) is 2.77. The van der Waals surface area contributed by atoms with E-state index in [0.29, 0.717) is 0 Å². The van der Waals surface area contributed by atoms with Crippen molar-refractivity contribution in [2.45, 2.75) is 11.3 Å². The van der Waals surface area contributed by atoms with E-state index in [-0.39, 0.29) is 5.82 Å². The van der Waals surface area contributed by atoms with Crippen LogP contribution in [0.5, 0.6) is 0 Å². The lowest BCUT2D eigenvalue weighted by Gasteiger charge is -2.18. The van der Waals surface area contributed by atoms with Crippen LogP contribution in [0.15, 0.2) is 47.4 Å². The highest BCUT2D eigenvalue weighted by atomic mass is 32.2. The lowest BCUT2D eigenvalue weighted by Crippen LogP contribution is -1.97. The number of thioether (sulfide) groups is 1. The predicted octanol–water partition coefficient (Wildman–Crippen LogP) is 4.40. The standard InChI is InChI=1S/C16H11FS/c17-11-6-5-10-7-14-12-3-1-2-4-16(12)18-9-15(14)13(10)8-11/h1-6,8H,7,9H2. The van der Waals surface area contributed by atoms with Crippen LogP contribution >= 0.6 is 11.8 Å². The van der Waals surface area contributed by atoms with Crippen molar-refractivity contribution in [3.8, 4) is 0 Å². The molecule has 2 heteroatoms. The van der Waals surface area contributed by atoms with Crippen molar-refractivity contribution < 1.29 is 4.39 Å². The van der Waals surface area contributed by atoms with Gasteiger partial charge in [-0.1, -0.05) is 24.3 Å². The maximum atomic E-state index is 13.4. The third-order valence-electron chi connectivity index (χ3n) is 3.71. The molecule has 0 fully saturated rings. The highest BCUT2D eigenvalue weighted by molar-refractivity contribution is 7.99. The number of halogens is 1. The molecule has 0 bridgehead atoms. The molecule has 2 aromatic carbocycles. The fraction of sp³-hybridized carbons (Fsp3) is 0.125. The molecule has 0 unspecified atom stereocenters. The van der Waals surface area contributed by atoms with E-state index in [0.717, 1.165) is 17.7 Å². The first kappa shape index (κ1) is 10.4. The third kappa shape index (κ3) is 1.39. The second-order valence-electron chi connectivity index (χ2n) is 4.72. The molecule has 0 spiro atoms. The van der Waals surface area contributed by atoms with Crippen molar-refractivity contribution in [1.82, 2.24) is 0 Å². The summed E-state index contributed by atoms with van der Waals surface area (Å²) in [4.78, 5) is 1.35. The van der Waals surface area contributed by atoms with Gasteiger partial charge in [0, 0.05) is 10.6 Å². The van der Waals surface area contributed by atoms with Gasteiger partial charge >= 0.3 is 0 Å². The topological polar surface area (TPSA) is 0 Å². The fourth-order valence-electron chi connectivity index (χ4n) is 2.86. The maximum absolute atomic E-state index is 13.4. The molecule has 0 aromatic heterocycles. The monoisotopic (exact) mass is 254 g/mol. The van der Waals surface area contributed by atoms with Crippen LogP contribution in [-0.2, 0) is 6.42 Å². The Labute approximate surface area is 110 Å². The predicted molar refractivity (Wildman–Crippen MR) is 74.1 cm³/mol. The van der Waals surface area contributed by atoms with E-state index in [1.54, 1.807) is 12.1 Å². The zero-order chi connectivity index (χ0) is 12.1. The van der Waals surface area contributed by atoms with Gasteiger partial charge in [-0.2, -0.15) is 0 Å². The number of rotatable bonds is 0. The number of hydrogen-bond donors (Lipinski definition) is 0. The molecule has 0 amide bonds. The van der Waals surface area contributed by atoms with Gasteiger partial charge in [0.05, 0.1) is 0 Å². The number of hydrogen-bond acceptors (Lipinski definition) is 1. The first-order chi connectivity index (χ1) is 8.83. The maximum Gasteiger partial charge on any atom is 0.123 e. The Bertz CT molecular complexity index is 685. The van der Waals surface area contributed by atoms with Gasteiger partial charge in [0.2, 0.25) is 0 Å². The Morgan fingerprint density at radius 3 is 2.78 bits per heavy atom. The quantitative estimate of drug-likeness (QED) is 0.671. The van der Waals surface area contributed by atoms with Crippen LogP contribution in [-0.4, -0.2) is 5.75 Å². The summed E-state index contributed by atoms with van der Waals surface area (Å²) in [6, 6.07) is 13.7. The molecule has 2 aromatic rings. The van der Waals surface area contributed by atoms with E-state index in [2.05, 4.69) is 24.3 Å². The van der Waals surface area contributed by atoms with Crippen LogP contribution in [0.1, 0.15) is 16.7 Å². The van der Waals surface area contributed by atoms with Gasteiger partial charge in [0.15, 0.2) is 0 Å². The fourth-order valence-corrected chi connectivity index (χ4v) is 4.01. The van der Waals surface area contributed by atoms with Crippen molar-refractivity contribution in [3.05, 3.63) is 65.0 Å². The zero-order valence-electron chi connectivity index (χ0n) is 9.74. The molecular formula is C16H11FS. The van der Waals surface area contributed by atoms with Gasteiger partial charge < -0.3 is 0 Å². The average molecular weight is 254 g/mol. The second-order valence-corrected chi connectivity index (χ2v) is 5.74. The van der Waals surface area contributed by atoms with Crippen molar-refractivity contribution in [2.24, 2.45) is 0 Å². The Hall–Kier alpha value is -1.54. The van der Waals surface area contributed by atoms with Crippen LogP contribution in [0, 0.1) is 5.82 Å². The number of fused-ring (bicyclic) bond motifs is 4. The Morgan fingerprint density at radius 2 is 1.83 bits per heavy atom. The van der Waals surface area contributed by atoms with Gasteiger partial charge in [0.25, 0.3) is 0 Å². The Morgan fingerprint density at radius 1 is 0.944 bits per heavy atom. The van der Waals surface area contributed by atoms with E-state index in [4.69, 9.17) is 0 Å². The highest BCUT2D eigenvalue weighted by Gasteiger charge is 2.27.